The molecule has 1 heterocycles. The van der Waals surface area contributed by atoms with Crippen LogP contribution in [-0.2, 0) is 17.9 Å². The van der Waals surface area contributed by atoms with E-state index < -0.39 is 0 Å². The monoisotopic (exact) mass is 403 g/mol. The summed E-state index contributed by atoms with van der Waals surface area (Å²) in [5.41, 5.74) is 2.44. The van der Waals surface area contributed by atoms with Gasteiger partial charge in [0.1, 0.15) is 0 Å². The van der Waals surface area contributed by atoms with Crippen molar-refractivity contribution >= 4 is 46.2 Å². The summed E-state index contributed by atoms with van der Waals surface area (Å²) in [6, 6.07) is 14.2. The first-order valence-electron chi connectivity index (χ1n) is 8.25. The van der Waals surface area contributed by atoms with Gasteiger partial charge in [-0.05, 0) is 35.4 Å². The van der Waals surface area contributed by atoms with Crippen LogP contribution in [0.4, 0.5) is 15.3 Å². The van der Waals surface area contributed by atoms with Gasteiger partial charge in [-0.1, -0.05) is 47.6 Å². The molecule has 0 bridgehead atoms. The fraction of sp³-hybridized carbons (Fsp3) is 0.211. The molecule has 1 fully saturated rings. The molecular weight excluding hydrogens is 386 g/mol. The van der Waals surface area contributed by atoms with E-state index in [0.29, 0.717) is 17.3 Å². The van der Waals surface area contributed by atoms with Crippen molar-refractivity contribution in [3.63, 3.8) is 0 Å². The molecule has 140 valence electrons. The minimum Gasteiger partial charge on any atom is -0.323 e. The van der Waals surface area contributed by atoms with Crippen molar-refractivity contribution < 1.29 is 14.4 Å². The smallest absolute Gasteiger partial charge is 0.321 e. The highest BCUT2D eigenvalue weighted by Crippen LogP contribution is 2.22. The number of nitrogens with one attached hydrogen (secondary N) is 1. The van der Waals surface area contributed by atoms with Crippen LogP contribution in [0.15, 0.2) is 48.5 Å². The van der Waals surface area contributed by atoms with Crippen LogP contribution in [0.25, 0.3) is 0 Å². The van der Waals surface area contributed by atoms with Crippen molar-refractivity contribution in [1.29, 1.82) is 0 Å². The van der Waals surface area contributed by atoms with Gasteiger partial charge in [0.15, 0.2) is 0 Å². The lowest BCUT2D eigenvalue weighted by atomic mass is 10.2. The van der Waals surface area contributed by atoms with E-state index in [2.05, 4.69) is 5.32 Å². The number of thioether (sulfide) groups is 1. The van der Waals surface area contributed by atoms with Gasteiger partial charge in [0, 0.05) is 24.3 Å². The normalized spacial score (nSPS) is 13.8. The topological polar surface area (TPSA) is 69.7 Å². The maximum absolute atomic E-state index is 12.3. The van der Waals surface area contributed by atoms with Gasteiger partial charge in [-0.2, -0.15) is 0 Å². The summed E-state index contributed by atoms with van der Waals surface area (Å²) in [6.07, 6.45) is 0. The van der Waals surface area contributed by atoms with Crippen LogP contribution in [0.1, 0.15) is 11.1 Å². The minimum absolute atomic E-state index is 0.175. The quantitative estimate of drug-likeness (QED) is 0.812. The summed E-state index contributed by atoms with van der Waals surface area (Å²) < 4.78 is 0. The number of anilines is 1. The van der Waals surface area contributed by atoms with Crippen LogP contribution in [0.5, 0.6) is 0 Å². The summed E-state index contributed by atoms with van der Waals surface area (Å²) in [5, 5.41) is 3.25. The van der Waals surface area contributed by atoms with Crippen LogP contribution < -0.4 is 5.32 Å². The highest BCUT2D eigenvalue weighted by molar-refractivity contribution is 8.14. The van der Waals surface area contributed by atoms with Crippen LogP contribution in [0.3, 0.4) is 0 Å². The van der Waals surface area contributed by atoms with Crippen LogP contribution in [0, 0.1) is 0 Å². The van der Waals surface area contributed by atoms with Crippen LogP contribution in [0.2, 0.25) is 5.02 Å². The predicted octanol–water partition coefficient (Wildman–Crippen LogP) is 4.20. The number of imide groups is 1. The summed E-state index contributed by atoms with van der Waals surface area (Å²) in [4.78, 5) is 38.4. The molecule has 2 aromatic rings. The van der Waals surface area contributed by atoms with Gasteiger partial charge in [0.2, 0.25) is 5.91 Å². The first-order chi connectivity index (χ1) is 12.9. The highest BCUT2D eigenvalue weighted by atomic mass is 35.5. The lowest BCUT2D eigenvalue weighted by Gasteiger charge is -2.18. The molecule has 0 radical (unpaired) electrons. The molecular formula is C19H18ClN3O3S. The Balaban J connectivity index is 1.55. The number of carbonyl (C=O) groups excluding carboxylic acids is 3. The number of rotatable bonds is 5. The van der Waals surface area contributed by atoms with E-state index in [0.717, 1.165) is 22.9 Å². The molecule has 0 unspecified atom stereocenters. The molecule has 0 saturated carbocycles. The second kappa shape index (κ2) is 8.45. The lowest BCUT2D eigenvalue weighted by Crippen LogP contribution is -2.30. The molecule has 0 spiro atoms. The molecule has 4 amide bonds. The van der Waals surface area contributed by atoms with E-state index in [9.17, 15) is 14.4 Å². The first kappa shape index (κ1) is 19.3. The fourth-order valence-electron chi connectivity index (χ4n) is 2.56. The summed E-state index contributed by atoms with van der Waals surface area (Å²) in [5.74, 6) is 0.0265. The molecule has 1 N–H and O–H groups in total. The Kier molecular flexibility index (Phi) is 6.03. The Morgan fingerprint density at radius 1 is 1.11 bits per heavy atom. The molecule has 2 aromatic carbocycles. The number of nitrogens with zero attached hydrogens (tertiary/aromatic N) is 2. The lowest BCUT2D eigenvalue weighted by molar-refractivity contribution is -0.125. The second-order valence-corrected chi connectivity index (χ2v) is 7.51. The van der Waals surface area contributed by atoms with E-state index in [-0.39, 0.29) is 29.5 Å². The van der Waals surface area contributed by atoms with Crippen molar-refractivity contribution in [3.05, 3.63) is 64.7 Å². The van der Waals surface area contributed by atoms with Gasteiger partial charge in [0.05, 0.1) is 12.3 Å². The number of hydrogen-bond acceptors (Lipinski definition) is 4. The van der Waals surface area contributed by atoms with Gasteiger partial charge >= 0.3 is 6.03 Å². The summed E-state index contributed by atoms with van der Waals surface area (Å²) in [6.45, 7) is 0.702. The van der Waals surface area contributed by atoms with Gasteiger partial charge in [-0.3, -0.25) is 14.5 Å². The molecule has 1 aliphatic rings. The van der Waals surface area contributed by atoms with Crippen LogP contribution >= 0.6 is 23.4 Å². The molecule has 1 saturated heterocycles. The third-order valence-electron chi connectivity index (χ3n) is 4.07. The molecule has 0 atom stereocenters. The third-order valence-corrected chi connectivity index (χ3v) is 5.18. The maximum Gasteiger partial charge on any atom is 0.321 e. The molecule has 0 aromatic heterocycles. The van der Waals surface area contributed by atoms with Crippen molar-refractivity contribution in [3.8, 4) is 0 Å². The standard InChI is InChI=1S/C19H18ClN3O3S/c1-22(10-13-2-6-15(20)7-3-13)18(25)21-16-8-4-14(5-9-16)11-23-17(24)12-27-19(23)26/h2-9H,10-12H2,1H3,(H,21,25). The molecule has 3 rings (SSSR count). The van der Waals surface area contributed by atoms with E-state index in [1.54, 1.807) is 48.3 Å². The van der Waals surface area contributed by atoms with E-state index >= 15 is 0 Å². The number of hydrogen-bond donors (Lipinski definition) is 1. The Bertz CT molecular complexity index is 840. The number of urea groups is 1. The van der Waals surface area contributed by atoms with E-state index in [1.807, 2.05) is 12.1 Å². The third kappa shape index (κ3) is 5.02. The molecule has 1 aliphatic heterocycles. The van der Waals surface area contributed by atoms with Crippen molar-refractivity contribution in [2.24, 2.45) is 0 Å². The van der Waals surface area contributed by atoms with Gasteiger partial charge < -0.3 is 10.2 Å². The number of amides is 4. The van der Waals surface area contributed by atoms with Gasteiger partial charge in [-0.15, -0.1) is 0 Å². The predicted molar refractivity (Wildman–Crippen MR) is 107 cm³/mol. The summed E-state index contributed by atoms with van der Waals surface area (Å²) in [7, 11) is 1.71. The molecule has 6 nitrogen and oxygen atoms in total. The Morgan fingerprint density at radius 2 is 1.74 bits per heavy atom. The Morgan fingerprint density at radius 3 is 2.33 bits per heavy atom. The van der Waals surface area contributed by atoms with E-state index in [1.165, 1.54) is 4.90 Å². The minimum atomic E-state index is -0.237. The zero-order valence-electron chi connectivity index (χ0n) is 14.6. The fourth-order valence-corrected chi connectivity index (χ4v) is 3.42. The van der Waals surface area contributed by atoms with E-state index in [4.69, 9.17) is 11.6 Å². The molecule has 27 heavy (non-hydrogen) atoms. The maximum atomic E-state index is 12.3. The number of benzene rings is 2. The SMILES string of the molecule is CN(Cc1ccc(Cl)cc1)C(=O)Nc1ccc(CN2C(=O)CSC2=O)cc1. The van der Waals surface area contributed by atoms with Crippen molar-refractivity contribution in [2.75, 3.05) is 18.1 Å². The largest absolute Gasteiger partial charge is 0.323 e. The van der Waals surface area contributed by atoms with Gasteiger partial charge in [-0.25, -0.2) is 4.79 Å². The zero-order valence-corrected chi connectivity index (χ0v) is 16.2. The average molecular weight is 404 g/mol. The summed E-state index contributed by atoms with van der Waals surface area (Å²) >= 11 is 6.88. The molecule has 8 heteroatoms. The number of halogens is 1. The molecule has 0 aliphatic carbocycles. The van der Waals surface area contributed by atoms with Crippen molar-refractivity contribution in [1.82, 2.24) is 9.80 Å². The zero-order chi connectivity index (χ0) is 19.4. The highest BCUT2D eigenvalue weighted by Gasteiger charge is 2.29. The Labute approximate surface area is 166 Å². The van der Waals surface area contributed by atoms with Crippen molar-refractivity contribution in [2.45, 2.75) is 13.1 Å². The van der Waals surface area contributed by atoms with Crippen LogP contribution in [-0.4, -0.2) is 39.8 Å². The van der Waals surface area contributed by atoms with Gasteiger partial charge in [0.25, 0.3) is 5.24 Å². The second-order valence-electron chi connectivity index (χ2n) is 6.14. The number of carbonyl (C=O) groups is 3. The Hall–Kier alpha value is -2.51. The average Bonchev–Trinajstić information content (AvgIpc) is 2.97. The first-order valence-corrected chi connectivity index (χ1v) is 9.61.